The van der Waals surface area contributed by atoms with Crippen LogP contribution in [-0.2, 0) is 4.79 Å². The molecule has 0 saturated carbocycles. The molecule has 1 aromatic rings. The van der Waals surface area contributed by atoms with Crippen molar-refractivity contribution < 1.29 is 18.4 Å². The van der Waals surface area contributed by atoms with Crippen molar-refractivity contribution in [2.24, 2.45) is 5.92 Å². The lowest BCUT2D eigenvalue weighted by atomic mass is 9.93. The molecule has 0 radical (unpaired) electrons. The van der Waals surface area contributed by atoms with Gasteiger partial charge in [0.2, 0.25) is 5.91 Å². The highest BCUT2D eigenvalue weighted by Crippen LogP contribution is 2.24. The summed E-state index contributed by atoms with van der Waals surface area (Å²) in [5.41, 5.74) is -0.124. The van der Waals surface area contributed by atoms with Crippen LogP contribution in [0.5, 0.6) is 0 Å². The second-order valence-corrected chi connectivity index (χ2v) is 7.21. The van der Waals surface area contributed by atoms with Crippen molar-refractivity contribution in [2.75, 3.05) is 26.2 Å². The molecule has 2 saturated heterocycles. The minimum absolute atomic E-state index is 0.107. The van der Waals surface area contributed by atoms with Crippen molar-refractivity contribution in [1.29, 1.82) is 0 Å². The van der Waals surface area contributed by atoms with E-state index < -0.39 is 17.5 Å². The average molecular weight is 365 g/mol. The van der Waals surface area contributed by atoms with Crippen LogP contribution in [0.2, 0.25) is 0 Å². The molecule has 0 aromatic heterocycles. The molecule has 3 rings (SSSR count). The van der Waals surface area contributed by atoms with E-state index >= 15 is 0 Å². The molecule has 26 heavy (non-hydrogen) atoms. The molecule has 2 aliphatic heterocycles. The molecule has 2 fully saturated rings. The summed E-state index contributed by atoms with van der Waals surface area (Å²) in [6.07, 6.45) is 1.14. The Morgan fingerprint density at radius 2 is 1.81 bits per heavy atom. The van der Waals surface area contributed by atoms with Crippen molar-refractivity contribution in [3.05, 3.63) is 35.4 Å². The van der Waals surface area contributed by atoms with Crippen LogP contribution >= 0.6 is 0 Å². The molecule has 0 spiro atoms. The molecule has 2 amide bonds. The first-order valence-corrected chi connectivity index (χ1v) is 9.16. The van der Waals surface area contributed by atoms with Gasteiger partial charge in [0.25, 0.3) is 5.91 Å². The zero-order valence-electron chi connectivity index (χ0n) is 15.2. The Morgan fingerprint density at radius 3 is 2.46 bits per heavy atom. The van der Waals surface area contributed by atoms with E-state index in [1.807, 2.05) is 11.8 Å². The van der Waals surface area contributed by atoms with Gasteiger partial charge in [-0.25, -0.2) is 8.78 Å². The monoisotopic (exact) mass is 365 g/mol. The third-order valence-corrected chi connectivity index (χ3v) is 5.61. The first-order chi connectivity index (χ1) is 12.4. The molecule has 1 aromatic carbocycles. The van der Waals surface area contributed by atoms with Crippen molar-refractivity contribution in [3.63, 3.8) is 0 Å². The highest BCUT2D eigenvalue weighted by atomic mass is 19.1. The number of nitrogens with zero attached hydrogens (tertiary/aromatic N) is 2. The van der Waals surface area contributed by atoms with Gasteiger partial charge in [0.15, 0.2) is 0 Å². The zero-order chi connectivity index (χ0) is 18.8. The van der Waals surface area contributed by atoms with Gasteiger partial charge < -0.3 is 15.1 Å². The van der Waals surface area contributed by atoms with Crippen LogP contribution in [0.15, 0.2) is 18.2 Å². The Kier molecular flexibility index (Phi) is 5.55. The molecule has 7 heteroatoms. The molecule has 2 unspecified atom stereocenters. The van der Waals surface area contributed by atoms with Gasteiger partial charge in [-0.3, -0.25) is 9.59 Å². The number of likely N-dealkylation sites (tertiary alicyclic amines) is 1. The van der Waals surface area contributed by atoms with Crippen LogP contribution in [0.1, 0.15) is 37.0 Å². The number of nitrogens with one attached hydrogen (secondary N) is 1. The molecule has 0 aliphatic carbocycles. The smallest absolute Gasteiger partial charge is 0.256 e. The highest BCUT2D eigenvalue weighted by molar-refractivity contribution is 5.94. The number of carbonyl (C=O) groups is 2. The first-order valence-electron chi connectivity index (χ1n) is 9.16. The molecule has 1 N–H and O–H groups in total. The summed E-state index contributed by atoms with van der Waals surface area (Å²) >= 11 is 0. The molecular formula is C19H25F2N3O2. The normalized spacial score (nSPS) is 24.6. The predicted molar refractivity (Wildman–Crippen MR) is 93.6 cm³/mol. The third kappa shape index (κ3) is 3.72. The molecule has 2 aliphatic rings. The number of rotatable bonds is 2. The zero-order valence-corrected chi connectivity index (χ0v) is 15.2. The second-order valence-electron chi connectivity index (χ2n) is 7.21. The molecular weight excluding hydrogens is 340 g/mol. The molecule has 2 atom stereocenters. The van der Waals surface area contributed by atoms with Crippen LogP contribution in [0.25, 0.3) is 0 Å². The molecule has 2 heterocycles. The Balaban J connectivity index is 1.60. The van der Waals surface area contributed by atoms with Crippen LogP contribution in [0, 0.1) is 17.6 Å². The number of halogens is 2. The number of piperazine rings is 1. The standard InChI is InChI=1S/C19H25F2N3O2/c1-12-13(2)24(10-7-22-12)18(25)14-5-8-23(9-6-14)19(26)16-4-3-15(20)11-17(16)21/h3-4,11-14,22H,5-10H2,1-2H3. The van der Waals surface area contributed by atoms with E-state index in [1.165, 1.54) is 6.07 Å². The average Bonchev–Trinajstić information content (AvgIpc) is 2.63. The minimum Gasteiger partial charge on any atom is -0.339 e. The van der Waals surface area contributed by atoms with Gasteiger partial charge in [-0.05, 0) is 38.8 Å². The lowest BCUT2D eigenvalue weighted by Crippen LogP contribution is -2.59. The van der Waals surface area contributed by atoms with Gasteiger partial charge in [0, 0.05) is 50.2 Å². The minimum atomic E-state index is -0.850. The lowest BCUT2D eigenvalue weighted by molar-refractivity contribution is -0.140. The molecule has 5 nitrogen and oxygen atoms in total. The fraction of sp³-hybridized carbons (Fsp3) is 0.579. The van der Waals surface area contributed by atoms with E-state index in [-0.39, 0.29) is 29.5 Å². The topological polar surface area (TPSA) is 52.7 Å². The largest absolute Gasteiger partial charge is 0.339 e. The lowest BCUT2D eigenvalue weighted by Gasteiger charge is -2.41. The van der Waals surface area contributed by atoms with Gasteiger partial charge in [0.1, 0.15) is 11.6 Å². The Labute approximate surface area is 152 Å². The summed E-state index contributed by atoms with van der Waals surface area (Å²) < 4.78 is 26.8. The van der Waals surface area contributed by atoms with E-state index in [1.54, 1.807) is 4.90 Å². The predicted octanol–water partition coefficient (Wildman–Crippen LogP) is 2.03. The van der Waals surface area contributed by atoms with Gasteiger partial charge in [-0.15, -0.1) is 0 Å². The Hall–Kier alpha value is -2.02. The van der Waals surface area contributed by atoms with Crippen LogP contribution in [-0.4, -0.2) is 59.9 Å². The SMILES string of the molecule is CC1NCCN(C(=O)C2CCN(C(=O)c3ccc(F)cc3F)CC2)C1C. The van der Waals surface area contributed by atoms with Crippen molar-refractivity contribution >= 4 is 11.8 Å². The van der Waals surface area contributed by atoms with E-state index in [0.29, 0.717) is 32.5 Å². The number of hydrogen-bond donors (Lipinski definition) is 1. The number of benzene rings is 1. The second kappa shape index (κ2) is 7.70. The van der Waals surface area contributed by atoms with E-state index in [4.69, 9.17) is 0 Å². The Bertz CT molecular complexity index is 689. The van der Waals surface area contributed by atoms with Crippen molar-refractivity contribution in [1.82, 2.24) is 15.1 Å². The van der Waals surface area contributed by atoms with Gasteiger partial charge >= 0.3 is 0 Å². The fourth-order valence-electron chi connectivity index (χ4n) is 3.76. The number of amides is 2. The number of piperidine rings is 1. The van der Waals surface area contributed by atoms with Crippen LogP contribution in [0.4, 0.5) is 8.78 Å². The van der Waals surface area contributed by atoms with E-state index in [0.717, 1.165) is 18.7 Å². The van der Waals surface area contributed by atoms with E-state index in [2.05, 4.69) is 12.2 Å². The van der Waals surface area contributed by atoms with Crippen molar-refractivity contribution in [3.8, 4) is 0 Å². The summed E-state index contributed by atoms with van der Waals surface area (Å²) in [4.78, 5) is 28.8. The maximum absolute atomic E-state index is 13.8. The summed E-state index contributed by atoms with van der Waals surface area (Å²) in [5.74, 6) is -1.96. The van der Waals surface area contributed by atoms with E-state index in [9.17, 15) is 18.4 Å². The van der Waals surface area contributed by atoms with Gasteiger partial charge in [0.05, 0.1) is 5.56 Å². The first kappa shape index (κ1) is 18.8. The molecule has 0 bridgehead atoms. The molecule has 142 valence electrons. The maximum Gasteiger partial charge on any atom is 0.256 e. The van der Waals surface area contributed by atoms with Crippen LogP contribution < -0.4 is 5.32 Å². The Morgan fingerprint density at radius 1 is 1.12 bits per heavy atom. The third-order valence-electron chi connectivity index (χ3n) is 5.61. The summed E-state index contributed by atoms with van der Waals surface area (Å²) in [5, 5.41) is 3.36. The number of hydrogen-bond acceptors (Lipinski definition) is 3. The highest BCUT2D eigenvalue weighted by Gasteiger charge is 2.35. The maximum atomic E-state index is 13.8. The quantitative estimate of drug-likeness (QED) is 0.873. The fourth-order valence-corrected chi connectivity index (χ4v) is 3.76. The summed E-state index contributed by atoms with van der Waals surface area (Å²) in [6.45, 7) is 6.42. The summed E-state index contributed by atoms with van der Waals surface area (Å²) in [6, 6.07) is 3.38. The van der Waals surface area contributed by atoms with Gasteiger partial charge in [-0.2, -0.15) is 0 Å². The van der Waals surface area contributed by atoms with Crippen LogP contribution in [0.3, 0.4) is 0 Å². The van der Waals surface area contributed by atoms with Gasteiger partial charge in [-0.1, -0.05) is 0 Å². The summed E-state index contributed by atoms with van der Waals surface area (Å²) in [7, 11) is 0. The number of carbonyl (C=O) groups excluding carboxylic acids is 2. The van der Waals surface area contributed by atoms with Crippen molar-refractivity contribution in [2.45, 2.75) is 38.8 Å².